The molecule has 1 heterocycles. The monoisotopic (exact) mass is 263 g/mol. The number of nitrogens with one attached hydrogen (secondary N) is 1. The number of anilines is 1. The molecule has 1 aromatic rings. The number of rotatable bonds is 5. The molecule has 0 atom stereocenters. The molecule has 1 aliphatic carbocycles. The van der Waals surface area contributed by atoms with Gasteiger partial charge in [-0.3, -0.25) is 0 Å². The Morgan fingerprint density at radius 2 is 2.05 bits per heavy atom. The lowest BCUT2D eigenvalue weighted by atomic mass is 9.87. The van der Waals surface area contributed by atoms with Gasteiger partial charge in [0.2, 0.25) is 0 Å². The van der Waals surface area contributed by atoms with Gasteiger partial charge >= 0.3 is 0 Å². The Hall–Kier alpha value is -1.16. The smallest absolute Gasteiger partial charge is 0.133 e. The highest BCUT2D eigenvalue weighted by Crippen LogP contribution is 2.38. The molecule has 0 saturated heterocycles. The van der Waals surface area contributed by atoms with Gasteiger partial charge in [-0.05, 0) is 25.7 Å². The predicted molar refractivity (Wildman–Crippen MR) is 77.3 cm³/mol. The molecule has 0 aliphatic heterocycles. The Labute approximate surface area is 115 Å². The molecule has 0 unspecified atom stereocenters. The van der Waals surface area contributed by atoms with Crippen LogP contribution >= 0.6 is 0 Å². The predicted octanol–water partition coefficient (Wildman–Crippen LogP) is 2.87. The first-order chi connectivity index (χ1) is 9.06. The van der Waals surface area contributed by atoms with E-state index >= 15 is 0 Å². The molecule has 1 aromatic heterocycles. The van der Waals surface area contributed by atoms with Crippen molar-refractivity contribution in [3.63, 3.8) is 0 Å². The molecule has 1 saturated carbocycles. The van der Waals surface area contributed by atoms with Crippen LogP contribution in [0.25, 0.3) is 0 Å². The van der Waals surface area contributed by atoms with Crippen molar-refractivity contribution in [2.24, 2.45) is 5.41 Å². The average molecular weight is 263 g/mol. The molecule has 1 aliphatic rings. The maximum absolute atomic E-state index is 9.65. The van der Waals surface area contributed by atoms with Crippen LogP contribution in [0.3, 0.4) is 0 Å². The third kappa shape index (κ3) is 3.24. The molecule has 106 valence electrons. The number of aromatic nitrogens is 2. The normalized spacial score (nSPS) is 17.9. The SMILES string of the molecule is Cc1ncc(C(C)C)c(NCC2(CO)CCCC2)n1. The second-order valence-corrected chi connectivity index (χ2v) is 6.09. The van der Waals surface area contributed by atoms with Crippen LogP contribution in [0.5, 0.6) is 0 Å². The molecule has 0 bridgehead atoms. The molecule has 4 nitrogen and oxygen atoms in total. The standard InChI is InChI=1S/C15H25N3O/c1-11(2)13-8-16-12(3)18-14(13)17-9-15(10-19)6-4-5-7-15/h8,11,19H,4-7,9-10H2,1-3H3,(H,16,17,18). The summed E-state index contributed by atoms with van der Waals surface area (Å²) in [6.45, 7) is 7.28. The molecule has 0 spiro atoms. The van der Waals surface area contributed by atoms with Gasteiger partial charge in [0.1, 0.15) is 11.6 Å². The first-order valence-electron chi connectivity index (χ1n) is 7.25. The number of aryl methyl sites for hydroxylation is 1. The Morgan fingerprint density at radius 3 is 2.63 bits per heavy atom. The van der Waals surface area contributed by atoms with Crippen molar-refractivity contribution in [2.75, 3.05) is 18.5 Å². The third-order valence-electron chi connectivity index (χ3n) is 4.19. The molecule has 1 fully saturated rings. The average Bonchev–Trinajstić information content (AvgIpc) is 2.85. The second-order valence-electron chi connectivity index (χ2n) is 6.09. The van der Waals surface area contributed by atoms with Gasteiger partial charge in [0.15, 0.2) is 0 Å². The van der Waals surface area contributed by atoms with E-state index in [-0.39, 0.29) is 12.0 Å². The van der Waals surface area contributed by atoms with Gasteiger partial charge in [-0.2, -0.15) is 0 Å². The number of aliphatic hydroxyl groups is 1. The summed E-state index contributed by atoms with van der Waals surface area (Å²) in [5.74, 6) is 2.12. The largest absolute Gasteiger partial charge is 0.396 e. The van der Waals surface area contributed by atoms with E-state index in [9.17, 15) is 5.11 Å². The highest BCUT2D eigenvalue weighted by molar-refractivity contribution is 5.45. The molecule has 0 aromatic carbocycles. The molecular weight excluding hydrogens is 238 g/mol. The number of aliphatic hydroxyl groups excluding tert-OH is 1. The summed E-state index contributed by atoms with van der Waals surface area (Å²) in [5.41, 5.74) is 1.20. The van der Waals surface area contributed by atoms with Gasteiger partial charge in [0, 0.05) is 23.7 Å². The van der Waals surface area contributed by atoms with E-state index in [1.54, 1.807) is 0 Å². The second kappa shape index (κ2) is 5.87. The lowest BCUT2D eigenvalue weighted by molar-refractivity contribution is 0.142. The van der Waals surface area contributed by atoms with Gasteiger partial charge in [-0.15, -0.1) is 0 Å². The maximum atomic E-state index is 9.65. The van der Waals surface area contributed by atoms with Gasteiger partial charge in [-0.25, -0.2) is 9.97 Å². The lowest BCUT2D eigenvalue weighted by Gasteiger charge is -2.27. The van der Waals surface area contributed by atoms with E-state index in [0.717, 1.165) is 36.6 Å². The zero-order valence-corrected chi connectivity index (χ0v) is 12.2. The zero-order chi connectivity index (χ0) is 13.9. The summed E-state index contributed by atoms with van der Waals surface area (Å²) in [5, 5.41) is 13.1. The molecule has 0 amide bonds. The topological polar surface area (TPSA) is 58.0 Å². The first kappa shape index (κ1) is 14.3. The Bertz CT molecular complexity index is 425. The molecule has 19 heavy (non-hydrogen) atoms. The van der Waals surface area contributed by atoms with Crippen LogP contribution in [-0.4, -0.2) is 28.2 Å². The fourth-order valence-electron chi connectivity index (χ4n) is 2.83. The van der Waals surface area contributed by atoms with Gasteiger partial charge < -0.3 is 10.4 Å². The fraction of sp³-hybridized carbons (Fsp3) is 0.733. The van der Waals surface area contributed by atoms with Crippen molar-refractivity contribution in [1.29, 1.82) is 0 Å². The van der Waals surface area contributed by atoms with E-state index in [0.29, 0.717) is 5.92 Å². The maximum Gasteiger partial charge on any atom is 0.133 e. The number of nitrogens with zero attached hydrogens (tertiary/aromatic N) is 2. The minimum atomic E-state index is 0.0487. The highest BCUT2D eigenvalue weighted by atomic mass is 16.3. The number of hydrogen-bond acceptors (Lipinski definition) is 4. The summed E-state index contributed by atoms with van der Waals surface area (Å²) < 4.78 is 0. The summed E-state index contributed by atoms with van der Waals surface area (Å²) in [6.07, 6.45) is 6.58. The van der Waals surface area contributed by atoms with Gasteiger partial charge in [0.25, 0.3) is 0 Å². The van der Waals surface area contributed by atoms with E-state index in [1.165, 1.54) is 12.8 Å². The highest BCUT2D eigenvalue weighted by Gasteiger charge is 2.33. The van der Waals surface area contributed by atoms with Gasteiger partial charge in [0.05, 0.1) is 6.61 Å². The molecule has 2 N–H and O–H groups in total. The first-order valence-corrected chi connectivity index (χ1v) is 7.25. The molecule has 4 heteroatoms. The zero-order valence-electron chi connectivity index (χ0n) is 12.2. The number of hydrogen-bond donors (Lipinski definition) is 2. The van der Waals surface area contributed by atoms with Crippen molar-refractivity contribution in [3.05, 3.63) is 17.6 Å². The van der Waals surface area contributed by atoms with Crippen LogP contribution in [0.1, 0.15) is 56.8 Å². The van der Waals surface area contributed by atoms with E-state index < -0.39 is 0 Å². The van der Waals surface area contributed by atoms with Crippen molar-refractivity contribution in [2.45, 2.75) is 52.4 Å². The fourth-order valence-corrected chi connectivity index (χ4v) is 2.83. The quantitative estimate of drug-likeness (QED) is 0.857. The Balaban J connectivity index is 2.12. The van der Waals surface area contributed by atoms with E-state index in [4.69, 9.17) is 0 Å². The van der Waals surface area contributed by atoms with Crippen LogP contribution in [0.2, 0.25) is 0 Å². The van der Waals surface area contributed by atoms with Crippen molar-refractivity contribution < 1.29 is 5.11 Å². The van der Waals surface area contributed by atoms with Crippen molar-refractivity contribution in [3.8, 4) is 0 Å². The Morgan fingerprint density at radius 1 is 1.37 bits per heavy atom. The van der Waals surface area contributed by atoms with Crippen molar-refractivity contribution in [1.82, 2.24) is 9.97 Å². The summed E-state index contributed by atoms with van der Waals surface area (Å²) in [4.78, 5) is 8.79. The van der Waals surface area contributed by atoms with Crippen molar-refractivity contribution >= 4 is 5.82 Å². The molecule has 2 rings (SSSR count). The van der Waals surface area contributed by atoms with E-state index in [1.807, 2.05) is 13.1 Å². The van der Waals surface area contributed by atoms with Crippen LogP contribution < -0.4 is 5.32 Å². The van der Waals surface area contributed by atoms with Gasteiger partial charge in [-0.1, -0.05) is 26.7 Å². The van der Waals surface area contributed by atoms with E-state index in [2.05, 4.69) is 29.1 Å². The van der Waals surface area contributed by atoms with Crippen LogP contribution in [0, 0.1) is 12.3 Å². The van der Waals surface area contributed by atoms with Crippen LogP contribution in [0.4, 0.5) is 5.82 Å². The lowest BCUT2D eigenvalue weighted by Crippen LogP contribution is -2.31. The molecular formula is C15H25N3O. The van der Waals surface area contributed by atoms with Crippen LogP contribution in [0.15, 0.2) is 6.20 Å². The minimum absolute atomic E-state index is 0.0487. The summed E-state index contributed by atoms with van der Waals surface area (Å²) in [7, 11) is 0. The third-order valence-corrected chi connectivity index (χ3v) is 4.19. The minimum Gasteiger partial charge on any atom is -0.396 e. The Kier molecular flexibility index (Phi) is 4.40. The molecule has 0 radical (unpaired) electrons. The van der Waals surface area contributed by atoms with Crippen LogP contribution in [-0.2, 0) is 0 Å². The summed E-state index contributed by atoms with van der Waals surface area (Å²) >= 11 is 0. The summed E-state index contributed by atoms with van der Waals surface area (Å²) in [6, 6.07) is 0.